The molecule has 0 radical (unpaired) electrons. The number of carbonyl (C=O) groups excluding carboxylic acids is 1. The van der Waals surface area contributed by atoms with Crippen LogP contribution in [0.3, 0.4) is 0 Å². The highest BCUT2D eigenvalue weighted by molar-refractivity contribution is 5.69. The molecular weight excluding hydrogens is 228 g/mol. The molecule has 0 fully saturated rings. The van der Waals surface area contributed by atoms with Crippen LogP contribution in [0.1, 0.15) is 18.1 Å². The van der Waals surface area contributed by atoms with Crippen molar-refractivity contribution in [3.05, 3.63) is 41.5 Å². The minimum absolute atomic E-state index is 0.218. The first-order valence-electron chi connectivity index (χ1n) is 5.66. The van der Waals surface area contributed by atoms with Crippen molar-refractivity contribution >= 4 is 5.97 Å². The third-order valence-corrected chi connectivity index (χ3v) is 2.69. The molecule has 0 saturated heterocycles. The zero-order chi connectivity index (χ0) is 13.1. The molecular formula is C14H14N2O2. The first-order valence-corrected chi connectivity index (χ1v) is 5.66. The fourth-order valence-electron chi connectivity index (χ4n) is 1.58. The van der Waals surface area contributed by atoms with E-state index in [-0.39, 0.29) is 5.88 Å². The first-order chi connectivity index (χ1) is 8.56. The van der Waals surface area contributed by atoms with Gasteiger partial charge in [0.15, 0.2) is 0 Å². The van der Waals surface area contributed by atoms with Gasteiger partial charge in [-0.15, -0.1) is 10.2 Å². The number of benzene rings is 1. The lowest BCUT2D eigenvalue weighted by molar-refractivity contribution is -0.132. The Labute approximate surface area is 106 Å². The van der Waals surface area contributed by atoms with Crippen molar-refractivity contribution < 1.29 is 9.53 Å². The second-order valence-corrected chi connectivity index (χ2v) is 4.15. The molecule has 0 aliphatic heterocycles. The summed E-state index contributed by atoms with van der Waals surface area (Å²) in [6.45, 7) is 5.45. The van der Waals surface area contributed by atoms with Gasteiger partial charge in [0.2, 0.25) is 5.88 Å². The predicted octanol–water partition coefficient (Wildman–Crippen LogP) is 2.69. The summed E-state index contributed by atoms with van der Waals surface area (Å²) in [5, 5.41) is 7.90. The molecule has 92 valence electrons. The number of aryl methyl sites for hydroxylation is 2. The van der Waals surface area contributed by atoms with Crippen molar-refractivity contribution in [1.82, 2.24) is 10.2 Å². The topological polar surface area (TPSA) is 52.1 Å². The van der Waals surface area contributed by atoms with E-state index in [0.29, 0.717) is 0 Å². The molecule has 0 amide bonds. The minimum atomic E-state index is -0.400. The van der Waals surface area contributed by atoms with Crippen LogP contribution in [-0.2, 0) is 4.79 Å². The maximum Gasteiger partial charge on any atom is 0.309 e. The third kappa shape index (κ3) is 2.71. The molecule has 1 aromatic heterocycles. The van der Waals surface area contributed by atoms with Gasteiger partial charge < -0.3 is 4.74 Å². The smallest absolute Gasteiger partial charge is 0.309 e. The Bertz CT molecular complexity index is 577. The van der Waals surface area contributed by atoms with Crippen molar-refractivity contribution in [1.29, 1.82) is 0 Å². The lowest BCUT2D eigenvalue weighted by Crippen LogP contribution is -2.03. The number of ether oxygens (including phenoxy) is 1. The van der Waals surface area contributed by atoms with Crippen LogP contribution in [0.4, 0.5) is 0 Å². The van der Waals surface area contributed by atoms with E-state index in [4.69, 9.17) is 4.74 Å². The van der Waals surface area contributed by atoms with Crippen LogP contribution in [0.25, 0.3) is 11.3 Å². The molecule has 0 saturated carbocycles. The van der Waals surface area contributed by atoms with Gasteiger partial charge in [-0.05, 0) is 37.1 Å². The van der Waals surface area contributed by atoms with E-state index in [2.05, 4.69) is 30.1 Å². The van der Waals surface area contributed by atoms with Gasteiger partial charge in [-0.3, -0.25) is 4.79 Å². The number of carbonyl (C=O) groups is 1. The molecule has 0 N–H and O–H groups in total. The van der Waals surface area contributed by atoms with Crippen molar-refractivity contribution in [2.24, 2.45) is 0 Å². The second kappa shape index (κ2) is 4.96. The SMILES string of the molecule is CC(=O)Oc1ccc(-c2ccc(C)c(C)c2)nn1. The number of esters is 1. The molecule has 0 aliphatic carbocycles. The summed E-state index contributed by atoms with van der Waals surface area (Å²) in [5.41, 5.74) is 4.20. The Kier molecular flexibility index (Phi) is 3.37. The fourth-order valence-corrected chi connectivity index (χ4v) is 1.58. The van der Waals surface area contributed by atoms with Gasteiger partial charge in [0, 0.05) is 18.6 Å². The number of aromatic nitrogens is 2. The van der Waals surface area contributed by atoms with Crippen molar-refractivity contribution in [2.45, 2.75) is 20.8 Å². The Morgan fingerprint density at radius 3 is 2.39 bits per heavy atom. The average Bonchev–Trinajstić information content (AvgIpc) is 2.33. The molecule has 2 aromatic rings. The Morgan fingerprint density at radius 1 is 1.06 bits per heavy atom. The molecule has 18 heavy (non-hydrogen) atoms. The molecule has 0 spiro atoms. The Hall–Kier alpha value is -2.23. The van der Waals surface area contributed by atoms with Crippen LogP contribution < -0.4 is 4.74 Å². The maximum absolute atomic E-state index is 10.8. The highest BCUT2D eigenvalue weighted by Gasteiger charge is 2.04. The van der Waals surface area contributed by atoms with Crippen LogP contribution in [0, 0.1) is 13.8 Å². The molecule has 2 rings (SSSR count). The van der Waals surface area contributed by atoms with Crippen LogP contribution in [-0.4, -0.2) is 16.2 Å². The standard InChI is InChI=1S/C14H14N2O2/c1-9-4-5-12(8-10(9)2)13-6-7-14(16-15-13)18-11(3)17/h4-8H,1-3H3. The van der Waals surface area contributed by atoms with Gasteiger partial charge in [0.1, 0.15) is 0 Å². The summed E-state index contributed by atoms with van der Waals surface area (Å²) >= 11 is 0. The zero-order valence-corrected chi connectivity index (χ0v) is 10.6. The summed E-state index contributed by atoms with van der Waals surface area (Å²) in [6, 6.07) is 9.53. The normalized spacial score (nSPS) is 10.2. The van der Waals surface area contributed by atoms with Gasteiger partial charge in [-0.1, -0.05) is 12.1 Å². The van der Waals surface area contributed by atoms with E-state index in [0.717, 1.165) is 11.3 Å². The Morgan fingerprint density at radius 2 is 1.83 bits per heavy atom. The van der Waals surface area contributed by atoms with Crippen LogP contribution in [0.15, 0.2) is 30.3 Å². The molecule has 4 heteroatoms. The van der Waals surface area contributed by atoms with Crippen LogP contribution >= 0.6 is 0 Å². The quantitative estimate of drug-likeness (QED) is 0.760. The second-order valence-electron chi connectivity index (χ2n) is 4.15. The van der Waals surface area contributed by atoms with Crippen molar-refractivity contribution in [2.75, 3.05) is 0 Å². The minimum Gasteiger partial charge on any atom is -0.406 e. The van der Waals surface area contributed by atoms with Crippen LogP contribution in [0.2, 0.25) is 0 Å². The molecule has 0 unspecified atom stereocenters. The molecule has 1 heterocycles. The first kappa shape index (κ1) is 12.2. The van der Waals surface area contributed by atoms with Gasteiger partial charge in [-0.2, -0.15) is 0 Å². The highest BCUT2D eigenvalue weighted by Crippen LogP contribution is 2.20. The van der Waals surface area contributed by atoms with Gasteiger partial charge in [0.25, 0.3) is 0 Å². The number of rotatable bonds is 2. The van der Waals surface area contributed by atoms with E-state index in [1.54, 1.807) is 12.1 Å². The lowest BCUT2D eigenvalue weighted by Gasteiger charge is -2.05. The number of hydrogen-bond acceptors (Lipinski definition) is 4. The monoisotopic (exact) mass is 242 g/mol. The fraction of sp³-hybridized carbons (Fsp3) is 0.214. The maximum atomic E-state index is 10.8. The lowest BCUT2D eigenvalue weighted by atomic mass is 10.0. The molecule has 0 atom stereocenters. The average molecular weight is 242 g/mol. The molecule has 1 aromatic carbocycles. The van der Waals surface area contributed by atoms with E-state index < -0.39 is 5.97 Å². The predicted molar refractivity (Wildman–Crippen MR) is 68.3 cm³/mol. The largest absolute Gasteiger partial charge is 0.406 e. The molecule has 0 bridgehead atoms. The third-order valence-electron chi connectivity index (χ3n) is 2.69. The molecule has 4 nitrogen and oxygen atoms in total. The highest BCUT2D eigenvalue weighted by atomic mass is 16.5. The summed E-state index contributed by atoms with van der Waals surface area (Å²) in [5.74, 6) is -0.182. The van der Waals surface area contributed by atoms with Crippen LogP contribution in [0.5, 0.6) is 5.88 Å². The summed E-state index contributed by atoms with van der Waals surface area (Å²) < 4.78 is 4.84. The van der Waals surface area contributed by atoms with Crippen molar-refractivity contribution in [3.8, 4) is 17.1 Å². The van der Waals surface area contributed by atoms with Gasteiger partial charge in [-0.25, -0.2) is 0 Å². The number of hydrogen-bond donors (Lipinski definition) is 0. The summed E-state index contributed by atoms with van der Waals surface area (Å²) in [6.07, 6.45) is 0. The summed E-state index contributed by atoms with van der Waals surface area (Å²) in [7, 11) is 0. The number of nitrogens with zero attached hydrogens (tertiary/aromatic N) is 2. The molecule has 0 aliphatic rings. The van der Waals surface area contributed by atoms with Crippen molar-refractivity contribution in [3.63, 3.8) is 0 Å². The van der Waals surface area contributed by atoms with E-state index >= 15 is 0 Å². The summed E-state index contributed by atoms with van der Waals surface area (Å²) in [4.78, 5) is 10.8. The zero-order valence-electron chi connectivity index (χ0n) is 10.6. The van der Waals surface area contributed by atoms with E-state index in [1.165, 1.54) is 18.1 Å². The van der Waals surface area contributed by atoms with E-state index in [9.17, 15) is 4.79 Å². The Balaban J connectivity index is 2.28. The van der Waals surface area contributed by atoms with E-state index in [1.807, 2.05) is 12.1 Å². The van der Waals surface area contributed by atoms with Gasteiger partial charge >= 0.3 is 5.97 Å². The van der Waals surface area contributed by atoms with Gasteiger partial charge in [0.05, 0.1) is 5.69 Å².